The molecule has 10 heavy (non-hydrogen) atoms. The lowest BCUT2D eigenvalue weighted by Gasteiger charge is -2.34. The normalized spacial score (nSPS) is 26.7. The molecule has 0 aromatic carbocycles. The van der Waals surface area contributed by atoms with Crippen molar-refractivity contribution in [2.75, 3.05) is 13.2 Å². The van der Waals surface area contributed by atoms with Gasteiger partial charge in [-0.25, -0.2) is 0 Å². The molecule has 1 aliphatic heterocycles. The molecule has 60 valence electrons. The molecule has 1 rings (SSSR count). The Morgan fingerprint density at radius 2 is 1.80 bits per heavy atom. The highest BCUT2D eigenvalue weighted by Gasteiger charge is 2.26. The van der Waals surface area contributed by atoms with Crippen LogP contribution in [0.1, 0.15) is 27.2 Å². The van der Waals surface area contributed by atoms with Crippen LogP contribution in [0, 0.1) is 5.92 Å². The van der Waals surface area contributed by atoms with E-state index in [2.05, 4.69) is 6.92 Å². The Kier molecular flexibility index (Phi) is 2.32. The van der Waals surface area contributed by atoms with Crippen LogP contribution >= 0.6 is 0 Å². The Labute approximate surface area is 62.5 Å². The maximum atomic E-state index is 5.45. The molecule has 0 aromatic rings. The van der Waals surface area contributed by atoms with Gasteiger partial charge in [-0.3, -0.25) is 0 Å². The van der Waals surface area contributed by atoms with Crippen molar-refractivity contribution in [3.05, 3.63) is 0 Å². The fourth-order valence-corrected chi connectivity index (χ4v) is 0.963. The van der Waals surface area contributed by atoms with Crippen LogP contribution in [0.2, 0.25) is 0 Å². The molecule has 0 atom stereocenters. The van der Waals surface area contributed by atoms with Crippen molar-refractivity contribution < 1.29 is 9.47 Å². The van der Waals surface area contributed by atoms with Crippen molar-refractivity contribution in [1.82, 2.24) is 0 Å². The zero-order chi connectivity index (χ0) is 7.61. The Bertz CT molecular complexity index is 99.8. The second kappa shape index (κ2) is 2.89. The minimum Gasteiger partial charge on any atom is -0.350 e. The van der Waals surface area contributed by atoms with Gasteiger partial charge in [-0.15, -0.1) is 0 Å². The van der Waals surface area contributed by atoms with Gasteiger partial charge in [0.2, 0.25) is 0 Å². The van der Waals surface area contributed by atoms with Gasteiger partial charge in [0.15, 0.2) is 5.79 Å². The quantitative estimate of drug-likeness (QED) is 0.558. The predicted molar refractivity (Wildman–Crippen MR) is 39.8 cm³/mol. The molecule has 1 heterocycles. The number of ether oxygens (including phenoxy) is 2. The van der Waals surface area contributed by atoms with Crippen LogP contribution in [0.25, 0.3) is 0 Å². The molecule has 0 bridgehead atoms. The molecular formula is C8H16O2. The highest BCUT2D eigenvalue weighted by molar-refractivity contribution is 4.65. The second-order valence-electron chi connectivity index (χ2n) is 3.30. The van der Waals surface area contributed by atoms with Gasteiger partial charge in [0.25, 0.3) is 0 Å². The van der Waals surface area contributed by atoms with Crippen LogP contribution < -0.4 is 0 Å². The summed E-state index contributed by atoms with van der Waals surface area (Å²) in [4.78, 5) is 0. The monoisotopic (exact) mass is 144 g/mol. The standard InChI is InChI=1S/C8H16O2/c1-4-7-5-9-8(2,3)10-6-7/h7H,4-6H2,1-3H3. The van der Waals surface area contributed by atoms with E-state index >= 15 is 0 Å². The predicted octanol–water partition coefficient (Wildman–Crippen LogP) is 1.80. The highest BCUT2D eigenvalue weighted by atomic mass is 16.7. The number of hydrogen-bond donors (Lipinski definition) is 0. The lowest BCUT2D eigenvalue weighted by molar-refractivity contribution is -0.262. The third-order valence-electron chi connectivity index (χ3n) is 1.91. The van der Waals surface area contributed by atoms with Gasteiger partial charge in [0, 0.05) is 5.92 Å². The van der Waals surface area contributed by atoms with Crippen LogP contribution in [0.15, 0.2) is 0 Å². The van der Waals surface area contributed by atoms with E-state index < -0.39 is 0 Å². The number of hydrogen-bond acceptors (Lipinski definition) is 2. The van der Waals surface area contributed by atoms with Crippen molar-refractivity contribution in [2.24, 2.45) is 5.92 Å². The van der Waals surface area contributed by atoms with E-state index in [4.69, 9.17) is 9.47 Å². The fourth-order valence-electron chi connectivity index (χ4n) is 0.963. The van der Waals surface area contributed by atoms with E-state index in [0.29, 0.717) is 5.92 Å². The molecule has 0 aliphatic carbocycles. The summed E-state index contributed by atoms with van der Waals surface area (Å²) >= 11 is 0. The molecule has 0 N–H and O–H groups in total. The van der Waals surface area contributed by atoms with E-state index in [0.717, 1.165) is 19.6 Å². The molecule has 1 saturated heterocycles. The zero-order valence-corrected chi connectivity index (χ0v) is 7.02. The third kappa shape index (κ3) is 1.96. The zero-order valence-electron chi connectivity index (χ0n) is 7.02. The molecule has 0 unspecified atom stereocenters. The van der Waals surface area contributed by atoms with Crippen LogP contribution in [-0.2, 0) is 9.47 Å². The first-order chi connectivity index (χ1) is 4.64. The molecule has 0 spiro atoms. The molecule has 0 saturated carbocycles. The Morgan fingerprint density at radius 3 is 2.20 bits per heavy atom. The molecule has 1 fully saturated rings. The summed E-state index contributed by atoms with van der Waals surface area (Å²) in [5, 5.41) is 0. The molecule has 0 aromatic heterocycles. The van der Waals surface area contributed by atoms with Crippen molar-refractivity contribution in [3.8, 4) is 0 Å². The van der Waals surface area contributed by atoms with Gasteiger partial charge in [0.1, 0.15) is 0 Å². The number of rotatable bonds is 1. The van der Waals surface area contributed by atoms with Gasteiger partial charge >= 0.3 is 0 Å². The van der Waals surface area contributed by atoms with Crippen LogP contribution in [0.3, 0.4) is 0 Å². The van der Waals surface area contributed by atoms with Crippen molar-refractivity contribution in [2.45, 2.75) is 33.0 Å². The fraction of sp³-hybridized carbons (Fsp3) is 1.00. The van der Waals surface area contributed by atoms with Gasteiger partial charge in [-0.05, 0) is 20.3 Å². The maximum Gasteiger partial charge on any atom is 0.162 e. The average molecular weight is 144 g/mol. The summed E-state index contributed by atoms with van der Waals surface area (Å²) in [7, 11) is 0. The summed E-state index contributed by atoms with van der Waals surface area (Å²) in [5.74, 6) is 0.263. The van der Waals surface area contributed by atoms with E-state index in [1.165, 1.54) is 0 Å². The Hall–Kier alpha value is -0.0800. The lowest BCUT2D eigenvalue weighted by atomic mass is 10.1. The molecule has 0 amide bonds. The summed E-state index contributed by atoms with van der Waals surface area (Å²) in [6.07, 6.45) is 1.15. The van der Waals surface area contributed by atoms with Gasteiger partial charge in [-0.2, -0.15) is 0 Å². The Morgan fingerprint density at radius 1 is 1.30 bits per heavy atom. The van der Waals surface area contributed by atoms with Crippen LogP contribution in [0.5, 0.6) is 0 Å². The SMILES string of the molecule is CCC1COC(C)(C)OC1. The lowest BCUT2D eigenvalue weighted by Crippen LogP contribution is -2.38. The van der Waals surface area contributed by atoms with Crippen molar-refractivity contribution in [1.29, 1.82) is 0 Å². The van der Waals surface area contributed by atoms with E-state index in [9.17, 15) is 0 Å². The molecule has 2 heteroatoms. The van der Waals surface area contributed by atoms with Crippen LogP contribution in [-0.4, -0.2) is 19.0 Å². The van der Waals surface area contributed by atoms with Crippen molar-refractivity contribution >= 4 is 0 Å². The van der Waals surface area contributed by atoms with E-state index in [1.54, 1.807) is 0 Å². The molecule has 1 aliphatic rings. The minimum atomic E-state index is -0.342. The van der Waals surface area contributed by atoms with E-state index in [-0.39, 0.29) is 5.79 Å². The van der Waals surface area contributed by atoms with Gasteiger partial charge in [-0.1, -0.05) is 6.92 Å². The minimum absolute atomic E-state index is 0.342. The summed E-state index contributed by atoms with van der Waals surface area (Å²) < 4.78 is 10.9. The van der Waals surface area contributed by atoms with Gasteiger partial charge in [0.05, 0.1) is 13.2 Å². The first-order valence-corrected chi connectivity index (χ1v) is 3.92. The second-order valence-corrected chi connectivity index (χ2v) is 3.30. The largest absolute Gasteiger partial charge is 0.350 e. The maximum absolute atomic E-state index is 5.45. The highest BCUT2D eigenvalue weighted by Crippen LogP contribution is 2.21. The third-order valence-corrected chi connectivity index (χ3v) is 1.91. The Balaban J connectivity index is 2.31. The molecular weight excluding hydrogens is 128 g/mol. The van der Waals surface area contributed by atoms with E-state index in [1.807, 2.05) is 13.8 Å². The smallest absolute Gasteiger partial charge is 0.162 e. The summed E-state index contributed by atoms with van der Waals surface area (Å²) in [6.45, 7) is 7.78. The van der Waals surface area contributed by atoms with Crippen LogP contribution in [0.4, 0.5) is 0 Å². The first-order valence-electron chi connectivity index (χ1n) is 3.92. The molecule has 2 nitrogen and oxygen atoms in total. The topological polar surface area (TPSA) is 18.5 Å². The first kappa shape index (κ1) is 8.02. The summed E-state index contributed by atoms with van der Waals surface area (Å²) in [6, 6.07) is 0. The average Bonchev–Trinajstić information content (AvgIpc) is 1.88. The molecule has 0 radical (unpaired) electrons. The summed E-state index contributed by atoms with van der Waals surface area (Å²) in [5.41, 5.74) is 0. The van der Waals surface area contributed by atoms with Gasteiger partial charge < -0.3 is 9.47 Å². The van der Waals surface area contributed by atoms with Crippen molar-refractivity contribution in [3.63, 3.8) is 0 Å².